The van der Waals surface area contributed by atoms with Gasteiger partial charge in [-0.05, 0) is 31.8 Å². The number of hydrogen-bond acceptors (Lipinski definition) is 4. The molecule has 0 bridgehead atoms. The van der Waals surface area contributed by atoms with E-state index in [4.69, 9.17) is 10.5 Å². The molecule has 0 aliphatic rings. The molecule has 0 saturated carbocycles. The van der Waals surface area contributed by atoms with Crippen LogP contribution < -0.4 is 5.73 Å². The lowest BCUT2D eigenvalue weighted by atomic mass is 10.2. The number of amides is 1. The van der Waals surface area contributed by atoms with E-state index in [1.807, 2.05) is 19.0 Å². The fourth-order valence-electron chi connectivity index (χ4n) is 1.88. The average molecular weight is 334 g/mol. The summed E-state index contributed by atoms with van der Waals surface area (Å²) in [4.78, 5) is 16.0. The summed E-state index contributed by atoms with van der Waals surface area (Å²) < 4.78 is 17.9. The smallest absolute Gasteiger partial charge is 0.242 e. The first kappa shape index (κ1) is 20.8. The Kier molecular flexibility index (Phi) is 9.93. The molecule has 7 heteroatoms. The molecular formula is C15H25ClFN3O2. The summed E-state index contributed by atoms with van der Waals surface area (Å²) in [7, 11) is 5.39. The number of carbonyl (C=O) groups is 1. The van der Waals surface area contributed by atoms with Gasteiger partial charge in [0.15, 0.2) is 0 Å². The van der Waals surface area contributed by atoms with Crippen molar-refractivity contribution >= 4 is 18.3 Å². The molecule has 1 amide bonds. The van der Waals surface area contributed by atoms with Crippen LogP contribution in [0, 0.1) is 5.82 Å². The maximum atomic E-state index is 12.9. The molecule has 0 saturated heterocycles. The van der Waals surface area contributed by atoms with Gasteiger partial charge in [0.2, 0.25) is 5.91 Å². The van der Waals surface area contributed by atoms with Crippen LogP contribution in [0.1, 0.15) is 5.56 Å². The molecule has 1 aromatic rings. The lowest BCUT2D eigenvalue weighted by Gasteiger charge is -2.27. The molecule has 0 heterocycles. The van der Waals surface area contributed by atoms with E-state index in [1.165, 1.54) is 19.2 Å². The molecule has 1 unspecified atom stereocenters. The Bertz CT molecular complexity index is 443. The Morgan fingerprint density at radius 3 is 2.36 bits per heavy atom. The minimum Gasteiger partial charge on any atom is -0.383 e. The Morgan fingerprint density at radius 2 is 1.86 bits per heavy atom. The second-order valence-electron chi connectivity index (χ2n) is 5.25. The lowest BCUT2D eigenvalue weighted by Crippen LogP contribution is -2.47. The van der Waals surface area contributed by atoms with Gasteiger partial charge in [0, 0.05) is 26.7 Å². The predicted molar refractivity (Wildman–Crippen MR) is 87.5 cm³/mol. The normalized spacial score (nSPS) is 11.9. The summed E-state index contributed by atoms with van der Waals surface area (Å²) in [6.45, 7) is 1.87. The highest BCUT2D eigenvalue weighted by Crippen LogP contribution is 2.08. The second kappa shape index (κ2) is 10.5. The van der Waals surface area contributed by atoms with E-state index in [0.29, 0.717) is 13.1 Å². The van der Waals surface area contributed by atoms with Crippen LogP contribution in [-0.2, 0) is 16.1 Å². The van der Waals surface area contributed by atoms with Gasteiger partial charge < -0.3 is 20.3 Å². The molecule has 0 fully saturated rings. The van der Waals surface area contributed by atoms with Crippen molar-refractivity contribution in [3.63, 3.8) is 0 Å². The number of nitrogens with zero attached hydrogens (tertiary/aromatic N) is 2. The first-order valence-corrected chi connectivity index (χ1v) is 6.86. The van der Waals surface area contributed by atoms with Crippen molar-refractivity contribution in [2.75, 3.05) is 40.9 Å². The number of likely N-dealkylation sites (N-methyl/N-ethyl adjacent to an activating group) is 1. The summed E-state index contributed by atoms with van der Waals surface area (Å²) in [6.07, 6.45) is 0. The zero-order valence-corrected chi connectivity index (χ0v) is 14.1. The highest BCUT2D eigenvalue weighted by molar-refractivity contribution is 5.85. The van der Waals surface area contributed by atoms with Gasteiger partial charge in [0.05, 0.1) is 6.61 Å². The number of nitrogens with two attached hydrogens (primary N) is 1. The quantitative estimate of drug-likeness (QED) is 0.774. The number of halogens is 2. The van der Waals surface area contributed by atoms with Crippen LogP contribution in [0.25, 0.3) is 0 Å². The highest BCUT2D eigenvalue weighted by atomic mass is 35.5. The molecule has 1 atom stereocenters. The standard InChI is InChI=1S/C15H24FN3O2.ClH/c1-18(2)8-9-19(15(20)14(17)11-21-3)10-12-4-6-13(16)7-5-12;/h4-7,14H,8-11,17H2,1-3H3;1H. The third-order valence-corrected chi connectivity index (χ3v) is 3.08. The van der Waals surface area contributed by atoms with Crippen LogP contribution in [-0.4, -0.2) is 62.7 Å². The van der Waals surface area contributed by atoms with Crippen molar-refractivity contribution in [1.29, 1.82) is 0 Å². The maximum Gasteiger partial charge on any atom is 0.242 e. The average Bonchev–Trinajstić information content (AvgIpc) is 2.44. The van der Waals surface area contributed by atoms with Crippen LogP contribution >= 0.6 is 12.4 Å². The summed E-state index contributed by atoms with van der Waals surface area (Å²) >= 11 is 0. The molecule has 0 spiro atoms. The Balaban J connectivity index is 0.00000441. The fraction of sp³-hybridized carbons (Fsp3) is 0.533. The molecule has 22 heavy (non-hydrogen) atoms. The van der Waals surface area contributed by atoms with Crippen molar-refractivity contribution in [3.8, 4) is 0 Å². The topological polar surface area (TPSA) is 58.8 Å². The lowest BCUT2D eigenvalue weighted by molar-refractivity contribution is -0.134. The molecule has 1 rings (SSSR count). The molecule has 0 radical (unpaired) electrons. The third kappa shape index (κ3) is 7.17. The number of methoxy groups -OCH3 is 1. The second-order valence-corrected chi connectivity index (χ2v) is 5.25. The van der Waals surface area contributed by atoms with E-state index in [-0.39, 0.29) is 30.7 Å². The van der Waals surface area contributed by atoms with E-state index in [2.05, 4.69) is 0 Å². The van der Waals surface area contributed by atoms with Gasteiger partial charge in [0.1, 0.15) is 11.9 Å². The third-order valence-electron chi connectivity index (χ3n) is 3.08. The predicted octanol–water partition coefficient (Wildman–Crippen LogP) is 1.11. The van der Waals surface area contributed by atoms with Crippen LogP contribution in [0.3, 0.4) is 0 Å². The summed E-state index contributed by atoms with van der Waals surface area (Å²) in [5, 5.41) is 0. The minimum atomic E-state index is -0.683. The summed E-state index contributed by atoms with van der Waals surface area (Å²) in [5.41, 5.74) is 6.69. The largest absolute Gasteiger partial charge is 0.383 e. The van der Waals surface area contributed by atoms with Gasteiger partial charge in [-0.1, -0.05) is 12.1 Å². The number of ether oxygens (including phenoxy) is 1. The molecule has 2 N–H and O–H groups in total. The number of benzene rings is 1. The SMILES string of the molecule is COCC(N)C(=O)N(CCN(C)C)Cc1ccc(F)cc1.Cl. The van der Waals surface area contributed by atoms with Crippen LogP contribution in [0.2, 0.25) is 0 Å². The van der Waals surface area contributed by atoms with Gasteiger partial charge in [-0.3, -0.25) is 4.79 Å². The van der Waals surface area contributed by atoms with Gasteiger partial charge in [-0.25, -0.2) is 4.39 Å². The monoisotopic (exact) mass is 333 g/mol. The Morgan fingerprint density at radius 1 is 1.27 bits per heavy atom. The molecular weight excluding hydrogens is 309 g/mol. The van der Waals surface area contributed by atoms with Crippen molar-refractivity contribution in [3.05, 3.63) is 35.6 Å². The Labute approximate surface area is 137 Å². The first-order chi connectivity index (χ1) is 9.93. The maximum absolute atomic E-state index is 12.9. The van der Waals surface area contributed by atoms with Crippen molar-refractivity contribution in [2.24, 2.45) is 5.73 Å². The zero-order chi connectivity index (χ0) is 15.8. The summed E-state index contributed by atoms with van der Waals surface area (Å²) in [6, 6.07) is 5.44. The zero-order valence-electron chi connectivity index (χ0n) is 13.3. The molecule has 0 aliphatic heterocycles. The fourth-order valence-corrected chi connectivity index (χ4v) is 1.88. The first-order valence-electron chi connectivity index (χ1n) is 6.86. The van der Waals surface area contributed by atoms with Gasteiger partial charge in [-0.15, -0.1) is 12.4 Å². The number of hydrogen-bond donors (Lipinski definition) is 1. The molecule has 5 nitrogen and oxygen atoms in total. The van der Waals surface area contributed by atoms with Gasteiger partial charge >= 0.3 is 0 Å². The molecule has 0 aliphatic carbocycles. The van der Waals surface area contributed by atoms with E-state index >= 15 is 0 Å². The van der Waals surface area contributed by atoms with E-state index in [9.17, 15) is 9.18 Å². The van der Waals surface area contributed by atoms with Gasteiger partial charge in [-0.2, -0.15) is 0 Å². The van der Waals surface area contributed by atoms with E-state index in [1.54, 1.807) is 17.0 Å². The number of rotatable bonds is 8. The van der Waals surface area contributed by atoms with Crippen LogP contribution in [0.5, 0.6) is 0 Å². The van der Waals surface area contributed by atoms with Crippen LogP contribution in [0.15, 0.2) is 24.3 Å². The van der Waals surface area contributed by atoms with Crippen molar-refractivity contribution in [1.82, 2.24) is 9.80 Å². The highest BCUT2D eigenvalue weighted by Gasteiger charge is 2.21. The van der Waals surface area contributed by atoms with Crippen LogP contribution in [0.4, 0.5) is 4.39 Å². The summed E-state index contributed by atoms with van der Waals surface area (Å²) in [5.74, 6) is -0.455. The van der Waals surface area contributed by atoms with E-state index < -0.39 is 6.04 Å². The Hall–Kier alpha value is -1.21. The molecule has 1 aromatic carbocycles. The van der Waals surface area contributed by atoms with Gasteiger partial charge in [0.25, 0.3) is 0 Å². The minimum absolute atomic E-state index is 0. The molecule has 126 valence electrons. The molecule has 0 aromatic heterocycles. The van der Waals surface area contributed by atoms with Crippen molar-refractivity contribution < 1.29 is 13.9 Å². The van der Waals surface area contributed by atoms with Crippen molar-refractivity contribution in [2.45, 2.75) is 12.6 Å². The van der Waals surface area contributed by atoms with E-state index in [0.717, 1.165) is 12.1 Å². The number of carbonyl (C=O) groups excluding carboxylic acids is 1.